The van der Waals surface area contributed by atoms with Crippen LogP contribution < -0.4 is 0 Å². The molecular formula is C39H64O11. The first-order valence-electron chi connectivity index (χ1n) is 18.0. The number of hydrogen-bond acceptors (Lipinski definition) is 11. The Morgan fingerprint density at radius 3 is 1.24 bits per heavy atom. The summed E-state index contributed by atoms with van der Waals surface area (Å²) in [5.74, 6) is -0.483. The Bertz CT molecular complexity index is 1080. The fourth-order valence-corrected chi connectivity index (χ4v) is 6.06. The average Bonchev–Trinajstić information content (AvgIpc) is 2.99. The monoisotopic (exact) mass is 708 g/mol. The zero-order valence-corrected chi connectivity index (χ0v) is 30.0. The molecule has 0 aromatic heterocycles. The van der Waals surface area contributed by atoms with Gasteiger partial charge in [-0.1, -0.05) is 87.6 Å². The Hall–Kier alpha value is -2.45. The molecule has 0 saturated heterocycles. The van der Waals surface area contributed by atoms with Crippen molar-refractivity contribution in [2.75, 3.05) is 0 Å². The minimum absolute atomic E-state index is 0.0177. The van der Waals surface area contributed by atoms with E-state index in [1.165, 1.54) is 6.08 Å². The summed E-state index contributed by atoms with van der Waals surface area (Å²) < 4.78 is 5.71. The van der Waals surface area contributed by atoms with Crippen LogP contribution in [0.4, 0.5) is 0 Å². The maximum Gasteiger partial charge on any atom is 0.331 e. The number of rotatable bonds is 1. The van der Waals surface area contributed by atoms with Crippen LogP contribution in [0.25, 0.3) is 0 Å². The van der Waals surface area contributed by atoms with Crippen molar-refractivity contribution in [2.45, 2.75) is 152 Å². The molecule has 0 aliphatic carbocycles. The van der Waals surface area contributed by atoms with Crippen molar-refractivity contribution in [2.24, 2.45) is 11.8 Å². The topological polar surface area (TPSA) is 208 Å². The Morgan fingerprint density at radius 1 is 0.500 bits per heavy atom. The molecule has 1 aliphatic heterocycles. The van der Waals surface area contributed by atoms with E-state index in [0.717, 1.165) is 0 Å². The lowest BCUT2D eigenvalue weighted by atomic mass is 9.89. The van der Waals surface area contributed by atoms with Gasteiger partial charge >= 0.3 is 5.97 Å². The van der Waals surface area contributed by atoms with Crippen molar-refractivity contribution in [1.29, 1.82) is 0 Å². The third-order valence-corrected chi connectivity index (χ3v) is 8.56. The SMILES string of the molecule is CC(C)C1OC(=O)/C=C/C=C/C=C/C=C/C=C/C=C/CC(O)CC(O)CC(O)CC(O)CC(O)CC(O)CC(O)CC(O)CC(O)CCC1C. The molecule has 0 amide bonds. The maximum atomic E-state index is 12.5. The van der Waals surface area contributed by atoms with Gasteiger partial charge in [-0.3, -0.25) is 0 Å². The molecule has 0 saturated carbocycles. The van der Waals surface area contributed by atoms with Crippen molar-refractivity contribution in [3.63, 3.8) is 0 Å². The number of esters is 1. The molecule has 0 radical (unpaired) electrons. The molecule has 1 aliphatic rings. The second-order valence-electron chi connectivity index (χ2n) is 14.0. The molecule has 1 rings (SSSR count). The summed E-state index contributed by atoms with van der Waals surface area (Å²) in [4.78, 5) is 12.5. The number of aliphatic hydroxyl groups is 9. The molecule has 0 bridgehead atoms. The van der Waals surface area contributed by atoms with Crippen molar-refractivity contribution >= 4 is 5.97 Å². The molecule has 0 fully saturated rings. The van der Waals surface area contributed by atoms with Gasteiger partial charge in [0.1, 0.15) is 6.10 Å². The van der Waals surface area contributed by atoms with Crippen molar-refractivity contribution in [1.82, 2.24) is 0 Å². The highest BCUT2D eigenvalue weighted by molar-refractivity contribution is 5.82. The number of cyclic esters (lactones) is 1. The second kappa shape index (κ2) is 26.3. The summed E-state index contributed by atoms with van der Waals surface area (Å²) in [5, 5.41) is 93.2. The summed E-state index contributed by atoms with van der Waals surface area (Å²) >= 11 is 0. The first kappa shape index (κ1) is 45.6. The number of allylic oxidation sites excluding steroid dienone is 10. The molecule has 11 atom stereocenters. The van der Waals surface area contributed by atoms with Crippen LogP contribution in [0.15, 0.2) is 72.9 Å². The van der Waals surface area contributed by atoms with Crippen LogP contribution in [-0.2, 0) is 9.53 Å². The number of ether oxygens (including phenoxy) is 1. The first-order valence-corrected chi connectivity index (χ1v) is 18.0. The van der Waals surface area contributed by atoms with Crippen molar-refractivity contribution in [3.8, 4) is 0 Å². The van der Waals surface area contributed by atoms with Crippen LogP contribution in [0.3, 0.4) is 0 Å². The van der Waals surface area contributed by atoms with Gasteiger partial charge in [-0.2, -0.15) is 0 Å². The molecule has 9 N–H and O–H groups in total. The fraction of sp³-hybridized carbons (Fsp3) is 0.667. The lowest BCUT2D eigenvalue weighted by molar-refractivity contribution is -0.148. The van der Waals surface area contributed by atoms with Crippen LogP contribution in [0, 0.1) is 11.8 Å². The molecular weight excluding hydrogens is 644 g/mol. The van der Waals surface area contributed by atoms with E-state index in [1.54, 1.807) is 42.5 Å². The number of carbonyl (C=O) groups is 1. The van der Waals surface area contributed by atoms with Gasteiger partial charge in [-0.05, 0) is 82.5 Å². The van der Waals surface area contributed by atoms with Gasteiger partial charge in [-0.25, -0.2) is 4.79 Å². The predicted octanol–water partition coefficient (Wildman–Crippen LogP) is 3.08. The highest BCUT2D eigenvalue weighted by Crippen LogP contribution is 2.24. The van der Waals surface area contributed by atoms with Gasteiger partial charge in [-0.15, -0.1) is 0 Å². The first-order chi connectivity index (χ1) is 23.7. The van der Waals surface area contributed by atoms with Gasteiger partial charge in [0.15, 0.2) is 0 Å². The number of carbonyl (C=O) groups excluding carboxylic acids is 1. The summed E-state index contributed by atoms with van der Waals surface area (Å²) in [6, 6.07) is 0. The Labute approximate surface area is 298 Å². The van der Waals surface area contributed by atoms with E-state index in [-0.39, 0.29) is 69.3 Å². The Morgan fingerprint density at radius 2 is 0.840 bits per heavy atom. The van der Waals surface area contributed by atoms with E-state index in [2.05, 4.69) is 0 Å². The van der Waals surface area contributed by atoms with Gasteiger partial charge in [0.25, 0.3) is 0 Å². The van der Waals surface area contributed by atoms with Crippen molar-refractivity contribution < 1.29 is 55.5 Å². The summed E-state index contributed by atoms with van der Waals surface area (Å²) in [5.41, 5.74) is 0. The minimum atomic E-state index is -1.12. The van der Waals surface area contributed by atoms with E-state index in [0.29, 0.717) is 19.3 Å². The molecule has 1 heterocycles. The molecule has 0 aromatic carbocycles. The average molecular weight is 709 g/mol. The summed E-state index contributed by atoms with van der Waals surface area (Å²) in [7, 11) is 0. The van der Waals surface area contributed by atoms with E-state index in [4.69, 9.17) is 4.74 Å². The Balaban J connectivity index is 2.88. The maximum absolute atomic E-state index is 12.5. The summed E-state index contributed by atoms with van der Waals surface area (Å²) in [6.07, 6.45) is 11.9. The lowest BCUT2D eigenvalue weighted by Gasteiger charge is -2.28. The molecule has 11 heteroatoms. The van der Waals surface area contributed by atoms with Gasteiger partial charge in [0, 0.05) is 6.08 Å². The molecule has 11 nitrogen and oxygen atoms in total. The van der Waals surface area contributed by atoms with Gasteiger partial charge < -0.3 is 50.7 Å². The number of aliphatic hydroxyl groups excluding tert-OH is 9. The highest BCUT2D eigenvalue weighted by atomic mass is 16.5. The van der Waals surface area contributed by atoms with Crippen molar-refractivity contribution in [3.05, 3.63) is 72.9 Å². The van der Waals surface area contributed by atoms with E-state index >= 15 is 0 Å². The van der Waals surface area contributed by atoms with Gasteiger partial charge in [0.05, 0.1) is 54.9 Å². The zero-order valence-electron chi connectivity index (χ0n) is 30.0. The van der Waals surface area contributed by atoms with E-state index in [9.17, 15) is 50.8 Å². The zero-order chi connectivity index (χ0) is 37.5. The van der Waals surface area contributed by atoms with E-state index in [1.807, 2.05) is 45.1 Å². The largest absolute Gasteiger partial charge is 0.459 e. The van der Waals surface area contributed by atoms with Crippen LogP contribution >= 0.6 is 0 Å². The van der Waals surface area contributed by atoms with Crippen LogP contribution in [0.5, 0.6) is 0 Å². The lowest BCUT2D eigenvalue weighted by Crippen LogP contribution is -2.31. The summed E-state index contributed by atoms with van der Waals surface area (Å²) in [6.45, 7) is 5.86. The molecule has 50 heavy (non-hydrogen) atoms. The second-order valence-corrected chi connectivity index (χ2v) is 14.0. The minimum Gasteiger partial charge on any atom is -0.459 e. The third-order valence-electron chi connectivity index (χ3n) is 8.56. The standard InChI is InChI=1S/C39H64O11/c1-27(2)39-28(3)17-18-30(41)20-32(43)22-34(45)24-36(47)26-37(48)25-35(46)23-33(44)21-31(42)19-29(40)15-13-11-9-7-5-4-6-8-10-12-14-16-38(49)50-39/h4-14,16,27-37,39-48H,15,17-26H2,1-3H3/b5-4+,8-6+,9-7+,12-10+,13-11+,16-14+. The third kappa shape index (κ3) is 23.1. The molecule has 0 spiro atoms. The molecule has 11 unspecified atom stereocenters. The fourth-order valence-electron chi connectivity index (χ4n) is 6.06. The number of hydrogen-bond donors (Lipinski definition) is 9. The molecule has 286 valence electrons. The van der Waals surface area contributed by atoms with Crippen LogP contribution in [0.1, 0.15) is 91.4 Å². The van der Waals surface area contributed by atoms with Gasteiger partial charge in [0.2, 0.25) is 0 Å². The highest BCUT2D eigenvalue weighted by Gasteiger charge is 2.27. The molecule has 0 aromatic rings. The van der Waals surface area contributed by atoms with E-state index < -0.39 is 60.9 Å². The predicted molar refractivity (Wildman–Crippen MR) is 194 cm³/mol. The normalized spacial score (nSPS) is 39.1. The quantitative estimate of drug-likeness (QED) is 0.181. The van der Waals surface area contributed by atoms with Crippen LogP contribution in [0.2, 0.25) is 0 Å². The Kier molecular flexibility index (Phi) is 24.0. The smallest absolute Gasteiger partial charge is 0.331 e. The van der Waals surface area contributed by atoms with Crippen LogP contribution in [-0.4, -0.2) is 113 Å².